The molecule has 0 unspecified atom stereocenters. The van der Waals surface area contributed by atoms with Crippen molar-refractivity contribution in [3.05, 3.63) is 28.8 Å². The molecule has 5 heteroatoms. The third kappa shape index (κ3) is 4.69. The first-order valence-electron chi connectivity index (χ1n) is 6.88. The van der Waals surface area contributed by atoms with Gasteiger partial charge in [-0.3, -0.25) is 4.79 Å². The number of methoxy groups -OCH3 is 1. The van der Waals surface area contributed by atoms with Crippen molar-refractivity contribution in [3.63, 3.8) is 0 Å². The summed E-state index contributed by atoms with van der Waals surface area (Å²) in [6.45, 7) is 1.74. The molecule has 0 spiro atoms. The lowest BCUT2D eigenvalue weighted by Crippen LogP contribution is -2.24. The highest BCUT2D eigenvalue weighted by atomic mass is 35.5. The minimum atomic E-state index is 0.141. The maximum Gasteiger partial charge on any atom is 0.223 e. The Morgan fingerprint density at radius 2 is 2.20 bits per heavy atom. The van der Waals surface area contributed by atoms with Crippen LogP contribution < -0.4 is 10.1 Å². The molecule has 1 N–H and O–H groups in total. The summed E-state index contributed by atoms with van der Waals surface area (Å²) >= 11 is 6.09. The summed E-state index contributed by atoms with van der Waals surface area (Å²) in [6, 6.07) is 5.58. The Hall–Kier alpha value is -1.26. The molecule has 0 aliphatic heterocycles. The van der Waals surface area contributed by atoms with Gasteiger partial charge in [-0.2, -0.15) is 0 Å². The van der Waals surface area contributed by atoms with E-state index in [2.05, 4.69) is 5.32 Å². The largest absolute Gasteiger partial charge is 0.492 e. The maximum atomic E-state index is 11.6. The molecule has 1 fully saturated rings. The molecular weight excluding hydrogens is 278 g/mol. The van der Waals surface area contributed by atoms with Gasteiger partial charge in [-0.1, -0.05) is 17.7 Å². The number of carbonyl (C=O) groups excluding carboxylic acids is 1. The second-order valence-corrected chi connectivity index (χ2v) is 5.36. The summed E-state index contributed by atoms with van der Waals surface area (Å²) in [7, 11) is 1.66. The van der Waals surface area contributed by atoms with E-state index in [1.807, 2.05) is 12.1 Å². The SMILES string of the molecule is COCCCOc1cc(CNC(=O)C2CC2)ccc1Cl. The van der Waals surface area contributed by atoms with Crippen LogP contribution in [0.4, 0.5) is 0 Å². The number of hydrogen-bond donors (Lipinski definition) is 1. The number of ether oxygens (including phenoxy) is 2. The summed E-state index contributed by atoms with van der Waals surface area (Å²) in [6.07, 6.45) is 2.84. The van der Waals surface area contributed by atoms with Gasteiger partial charge in [0.25, 0.3) is 0 Å². The molecule has 0 bridgehead atoms. The number of halogens is 1. The Labute approximate surface area is 124 Å². The highest BCUT2D eigenvalue weighted by Gasteiger charge is 2.29. The number of benzene rings is 1. The van der Waals surface area contributed by atoms with E-state index >= 15 is 0 Å². The average molecular weight is 298 g/mol. The first kappa shape index (κ1) is 15.1. The summed E-state index contributed by atoms with van der Waals surface area (Å²) < 4.78 is 10.6. The van der Waals surface area contributed by atoms with E-state index in [1.54, 1.807) is 13.2 Å². The molecule has 1 aliphatic carbocycles. The Morgan fingerprint density at radius 1 is 1.40 bits per heavy atom. The lowest BCUT2D eigenvalue weighted by molar-refractivity contribution is -0.122. The van der Waals surface area contributed by atoms with Crippen molar-refractivity contribution in [3.8, 4) is 5.75 Å². The van der Waals surface area contributed by atoms with Crippen LogP contribution in [0.5, 0.6) is 5.75 Å². The standard InChI is InChI=1S/C15H20ClNO3/c1-19-7-2-8-20-14-9-11(3-6-13(14)16)10-17-15(18)12-4-5-12/h3,6,9,12H,2,4-5,7-8,10H2,1H3,(H,17,18). The smallest absolute Gasteiger partial charge is 0.223 e. The molecule has 0 saturated heterocycles. The number of amides is 1. The van der Waals surface area contributed by atoms with E-state index in [4.69, 9.17) is 21.1 Å². The van der Waals surface area contributed by atoms with Crippen molar-refractivity contribution in [1.29, 1.82) is 0 Å². The fourth-order valence-electron chi connectivity index (χ4n) is 1.83. The quantitative estimate of drug-likeness (QED) is 0.751. The Balaban J connectivity index is 1.84. The van der Waals surface area contributed by atoms with Gasteiger partial charge in [0.05, 0.1) is 11.6 Å². The minimum absolute atomic E-state index is 0.141. The maximum absolute atomic E-state index is 11.6. The lowest BCUT2D eigenvalue weighted by Gasteiger charge is -2.10. The molecule has 0 radical (unpaired) electrons. The fraction of sp³-hybridized carbons (Fsp3) is 0.533. The van der Waals surface area contributed by atoms with E-state index in [1.165, 1.54) is 0 Å². The number of nitrogens with one attached hydrogen (secondary N) is 1. The van der Waals surface area contributed by atoms with Gasteiger partial charge in [0, 0.05) is 32.6 Å². The van der Waals surface area contributed by atoms with Crippen molar-refractivity contribution in [1.82, 2.24) is 5.32 Å². The molecule has 1 saturated carbocycles. The lowest BCUT2D eigenvalue weighted by atomic mass is 10.2. The van der Waals surface area contributed by atoms with Crippen LogP contribution in [-0.4, -0.2) is 26.2 Å². The van der Waals surface area contributed by atoms with Crippen molar-refractivity contribution in [2.75, 3.05) is 20.3 Å². The monoisotopic (exact) mass is 297 g/mol. The second-order valence-electron chi connectivity index (χ2n) is 4.95. The fourth-order valence-corrected chi connectivity index (χ4v) is 2.00. The van der Waals surface area contributed by atoms with Crippen molar-refractivity contribution in [2.24, 2.45) is 5.92 Å². The van der Waals surface area contributed by atoms with Gasteiger partial charge in [-0.15, -0.1) is 0 Å². The Bertz CT molecular complexity index is 460. The molecule has 1 amide bonds. The molecule has 4 nitrogen and oxygen atoms in total. The van der Waals surface area contributed by atoms with Crippen molar-refractivity contribution >= 4 is 17.5 Å². The molecule has 1 aromatic carbocycles. The summed E-state index contributed by atoms with van der Waals surface area (Å²) in [5.41, 5.74) is 0.991. The molecule has 1 aliphatic rings. The van der Waals surface area contributed by atoms with Crippen LogP contribution in [0.3, 0.4) is 0 Å². The van der Waals surface area contributed by atoms with Crippen molar-refractivity contribution < 1.29 is 14.3 Å². The zero-order valence-corrected chi connectivity index (χ0v) is 12.4. The van der Waals surface area contributed by atoms with Gasteiger partial charge in [-0.05, 0) is 30.5 Å². The van der Waals surface area contributed by atoms with Gasteiger partial charge >= 0.3 is 0 Å². The van der Waals surface area contributed by atoms with E-state index in [0.717, 1.165) is 24.8 Å². The summed E-state index contributed by atoms with van der Waals surface area (Å²) in [4.78, 5) is 11.6. The van der Waals surface area contributed by atoms with Crippen LogP contribution in [0.2, 0.25) is 5.02 Å². The topological polar surface area (TPSA) is 47.6 Å². The highest BCUT2D eigenvalue weighted by Crippen LogP contribution is 2.29. The molecular formula is C15H20ClNO3. The van der Waals surface area contributed by atoms with E-state index in [9.17, 15) is 4.79 Å². The van der Waals surface area contributed by atoms with Crippen LogP contribution in [-0.2, 0) is 16.1 Å². The van der Waals surface area contributed by atoms with E-state index < -0.39 is 0 Å². The number of hydrogen-bond acceptors (Lipinski definition) is 3. The predicted molar refractivity (Wildman–Crippen MR) is 78.0 cm³/mol. The first-order valence-corrected chi connectivity index (χ1v) is 7.26. The normalized spacial score (nSPS) is 14.1. The summed E-state index contributed by atoms with van der Waals surface area (Å²) in [5.74, 6) is 1.02. The van der Waals surface area contributed by atoms with E-state index in [-0.39, 0.29) is 11.8 Å². The second kappa shape index (κ2) is 7.50. The number of rotatable bonds is 8. The third-order valence-electron chi connectivity index (χ3n) is 3.16. The first-order chi connectivity index (χ1) is 9.70. The van der Waals surface area contributed by atoms with Crippen molar-refractivity contribution in [2.45, 2.75) is 25.8 Å². The molecule has 0 atom stereocenters. The van der Waals surface area contributed by atoms with Gasteiger partial charge in [-0.25, -0.2) is 0 Å². The highest BCUT2D eigenvalue weighted by molar-refractivity contribution is 6.32. The van der Waals surface area contributed by atoms with Crippen LogP contribution >= 0.6 is 11.6 Å². The van der Waals surface area contributed by atoms with Gasteiger partial charge in [0.15, 0.2) is 0 Å². The van der Waals surface area contributed by atoms with Crippen LogP contribution in [0, 0.1) is 5.92 Å². The summed E-state index contributed by atoms with van der Waals surface area (Å²) in [5, 5.41) is 3.51. The minimum Gasteiger partial charge on any atom is -0.492 e. The third-order valence-corrected chi connectivity index (χ3v) is 3.47. The van der Waals surface area contributed by atoms with E-state index in [0.29, 0.717) is 30.5 Å². The van der Waals surface area contributed by atoms with Crippen LogP contribution in [0.1, 0.15) is 24.8 Å². The molecule has 0 heterocycles. The molecule has 20 heavy (non-hydrogen) atoms. The Morgan fingerprint density at radius 3 is 2.90 bits per heavy atom. The average Bonchev–Trinajstić information content (AvgIpc) is 3.28. The molecule has 0 aromatic heterocycles. The van der Waals surface area contributed by atoms with Gasteiger partial charge < -0.3 is 14.8 Å². The molecule has 110 valence electrons. The predicted octanol–water partition coefficient (Wildman–Crippen LogP) is 2.78. The van der Waals surface area contributed by atoms with Gasteiger partial charge in [0.1, 0.15) is 5.75 Å². The zero-order valence-electron chi connectivity index (χ0n) is 11.7. The molecule has 2 rings (SSSR count). The van der Waals surface area contributed by atoms with Crippen LogP contribution in [0.15, 0.2) is 18.2 Å². The number of carbonyl (C=O) groups is 1. The van der Waals surface area contributed by atoms with Gasteiger partial charge in [0.2, 0.25) is 5.91 Å². The van der Waals surface area contributed by atoms with Crippen LogP contribution in [0.25, 0.3) is 0 Å². The zero-order chi connectivity index (χ0) is 14.4. The Kier molecular flexibility index (Phi) is 5.68. The molecule has 1 aromatic rings.